The number of hydrogen-bond donors (Lipinski definition) is 0. The van der Waals surface area contributed by atoms with Gasteiger partial charge in [0.05, 0.1) is 24.0 Å². The summed E-state index contributed by atoms with van der Waals surface area (Å²) in [7, 11) is 2.06. The van der Waals surface area contributed by atoms with Gasteiger partial charge in [-0.25, -0.2) is 4.85 Å². The Morgan fingerprint density at radius 1 is 1.20 bits per heavy atom. The van der Waals surface area contributed by atoms with Crippen LogP contribution in [0.5, 0.6) is 0 Å². The molecule has 20 heavy (non-hydrogen) atoms. The average molecular weight is 261 g/mol. The van der Waals surface area contributed by atoms with Crippen LogP contribution in [-0.4, -0.2) is 9.55 Å². The first-order valence-corrected chi connectivity index (χ1v) is 6.51. The SMILES string of the molecule is [C-]#[N+]c1cccc(-c2cc3c(C)c(C)n(C)c3cn2)c1. The molecule has 0 saturated heterocycles. The second-order valence-corrected chi connectivity index (χ2v) is 5.02. The maximum Gasteiger partial charge on any atom is 0.187 e. The van der Waals surface area contributed by atoms with Gasteiger partial charge in [0, 0.05) is 18.1 Å². The molecule has 0 fully saturated rings. The first-order chi connectivity index (χ1) is 9.61. The number of hydrogen-bond acceptors (Lipinski definition) is 1. The Kier molecular flexibility index (Phi) is 2.80. The number of aryl methyl sites for hydroxylation is 2. The van der Waals surface area contributed by atoms with E-state index in [0.29, 0.717) is 5.69 Å². The molecule has 0 amide bonds. The van der Waals surface area contributed by atoms with Crippen LogP contribution in [0.1, 0.15) is 11.3 Å². The van der Waals surface area contributed by atoms with Gasteiger partial charge in [-0.15, -0.1) is 0 Å². The number of rotatable bonds is 1. The summed E-state index contributed by atoms with van der Waals surface area (Å²) in [5.74, 6) is 0. The van der Waals surface area contributed by atoms with Crippen LogP contribution in [0.15, 0.2) is 36.5 Å². The van der Waals surface area contributed by atoms with Crippen molar-refractivity contribution in [3.63, 3.8) is 0 Å². The number of fused-ring (bicyclic) bond motifs is 1. The van der Waals surface area contributed by atoms with Gasteiger partial charge < -0.3 is 4.57 Å². The minimum atomic E-state index is 0.644. The standard InChI is InChI=1S/C17H15N3/c1-11-12(2)20(4)17-10-19-16(9-15(11)17)13-6-5-7-14(8-13)18-3/h5-10H,1-2,4H3. The molecule has 2 aromatic heterocycles. The van der Waals surface area contributed by atoms with Crippen molar-refractivity contribution in [1.29, 1.82) is 0 Å². The predicted molar refractivity (Wildman–Crippen MR) is 81.9 cm³/mol. The van der Waals surface area contributed by atoms with Crippen LogP contribution in [0.4, 0.5) is 5.69 Å². The summed E-state index contributed by atoms with van der Waals surface area (Å²) in [5.41, 5.74) is 6.23. The molecule has 0 spiro atoms. The molecule has 0 N–H and O–H groups in total. The van der Waals surface area contributed by atoms with Crippen LogP contribution in [-0.2, 0) is 7.05 Å². The minimum Gasteiger partial charge on any atom is -0.346 e. The Morgan fingerprint density at radius 3 is 2.75 bits per heavy atom. The van der Waals surface area contributed by atoms with Gasteiger partial charge in [0.15, 0.2) is 5.69 Å². The highest BCUT2D eigenvalue weighted by atomic mass is 15.0. The Morgan fingerprint density at radius 2 is 2.00 bits per heavy atom. The maximum absolute atomic E-state index is 7.10. The summed E-state index contributed by atoms with van der Waals surface area (Å²) < 4.78 is 2.16. The van der Waals surface area contributed by atoms with Crippen LogP contribution in [0.2, 0.25) is 0 Å². The largest absolute Gasteiger partial charge is 0.346 e. The molecule has 3 rings (SSSR count). The fourth-order valence-electron chi connectivity index (χ4n) is 2.54. The fourth-order valence-corrected chi connectivity index (χ4v) is 2.54. The molecular formula is C17H15N3. The van der Waals surface area contributed by atoms with Crippen molar-refractivity contribution in [2.45, 2.75) is 13.8 Å². The molecule has 1 aromatic carbocycles. The van der Waals surface area contributed by atoms with E-state index in [-0.39, 0.29) is 0 Å². The van der Waals surface area contributed by atoms with Crippen LogP contribution in [0, 0.1) is 20.4 Å². The van der Waals surface area contributed by atoms with E-state index < -0.39 is 0 Å². The van der Waals surface area contributed by atoms with Gasteiger partial charge in [-0.2, -0.15) is 0 Å². The van der Waals surface area contributed by atoms with Crippen molar-refractivity contribution in [2.75, 3.05) is 0 Å². The van der Waals surface area contributed by atoms with E-state index in [1.807, 2.05) is 30.5 Å². The number of nitrogens with zero attached hydrogens (tertiary/aromatic N) is 3. The molecule has 2 heterocycles. The molecule has 0 aliphatic heterocycles. The van der Waals surface area contributed by atoms with Gasteiger partial charge in [0.1, 0.15) is 0 Å². The van der Waals surface area contributed by atoms with Crippen LogP contribution in [0.3, 0.4) is 0 Å². The molecule has 98 valence electrons. The highest BCUT2D eigenvalue weighted by Crippen LogP contribution is 2.29. The molecule has 3 aromatic rings. The van der Waals surface area contributed by atoms with Crippen molar-refractivity contribution in [2.24, 2.45) is 7.05 Å². The Labute approximate surface area is 118 Å². The third kappa shape index (κ3) is 1.78. The van der Waals surface area contributed by atoms with E-state index in [9.17, 15) is 0 Å². The van der Waals surface area contributed by atoms with Crippen molar-refractivity contribution in [3.05, 3.63) is 59.2 Å². The van der Waals surface area contributed by atoms with E-state index in [0.717, 1.165) is 16.8 Å². The van der Waals surface area contributed by atoms with Gasteiger partial charge in [-0.3, -0.25) is 4.98 Å². The van der Waals surface area contributed by atoms with Gasteiger partial charge in [-0.05, 0) is 37.1 Å². The maximum atomic E-state index is 7.10. The summed E-state index contributed by atoms with van der Waals surface area (Å²) >= 11 is 0. The molecule has 0 aliphatic carbocycles. The van der Waals surface area contributed by atoms with Crippen molar-refractivity contribution < 1.29 is 0 Å². The first kappa shape index (κ1) is 12.4. The number of aromatic nitrogens is 2. The van der Waals surface area contributed by atoms with Crippen molar-refractivity contribution in [1.82, 2.24) is 9.55 Å². The van der Waals surface area contributed by atoms with E-state index >= 15 is 0 Å². The molecule has 0 aliphatic rings. The summed E-state index contributed by atoms with van der Waals surface area (Å²) in [5, 5.41) is 1.23. The van der Waals surface area contributed by atoms with Gasteiger partial charge in [-0.1, -0.05) is 18.2 Å². The third-order valence-corrected chi connectivity index (χ3v) is 3.97. The predicted octanol–water partition coefficient (Wildman–Crippen LogP) is 4.41. The normalized spacial score (nSPS) is 10.7. The minimum absolute atomic E-state index is 0.644. The van der Waals surface area contributed by atoms with E-state index in [2.05, 4.69) is 41.4 Å². The lowest BCUT2D eigenvalue weighted by molar-refractivity contribution is 0.908. The molecule has 0 radical (unpaired) electrons. The van der Waals surface area contributed by atoms with Crippen LogP contribution in [0.25, 0.3) is 27.0 Å². The Balaban J connectivity index is 2.23. The van der Waals surface area contributed by atoms with Crippen LogP contribution < -0.4 is 0 Å². The quantitative estimate of drug-likeness (QED) is 0.595. The monoisotopic (exact) mass is 261 g/mol. The smallest absolute Gasteiger partial charge is 0.187 e. The molecule has 0 unspecified atom stereocenters. The topological polar surface area (TPSA) is 22.2 Å². The van der Waals surface area contributed by atoms with E-state index in [4.69, 9.17) is 6.57 Å². The van der Waals surface area contributed by atoms with Gasteiger partial charge >= 0.3 is 0 Å². The first-order valence-electron chi connectivity index (χ1n) is 6.51. The molecule has 0 saturated carbocycles. The van der Waals surface area contributed by atoms with Crippen LogP contribution >= 0.6 is 0 Å². The lowest BCUT2D eigenvalue weighted by Crippen LogP contribution is -1.91. The Hall–Kier alpha value is -2.60. The molecular weight excluding hydrogens is 246 g/mol. The highest BCUT2D eigenvalue weighted by molar-refractivity contribution is 5.88. The molecule has 0 bridgehead atoms. The van der Waals surface area contributed by atoms with Crippen molar-refractivity contribution in [3.8, 4) is 11.3 Å². The number of pyridine rings is 1. The fraction of sp³-hybridized carbons (Fsp3) is 0.176. The molecule has 3 heteroatoms. The number of benzene rings is 1. The summed E-state index contributed by atoms with van der Waals surface area (Å²) in [6.07, 6.45) is 1.91. The third-order valence-electron chi connectivity index (χ3n) is 3.97. The highest BCUT2D eigenvalue weighted by Gasteiger charge is 2.10. The second-order valence-electron chi connectivity index (χ2n) is 5.02. The zero-order valence-electron chi connectivity index (χ0n) is 11.8. The lowest BCUT2D eigenvalue weighted by Gasteiger charge is -2.03. The molecule has 3 nitrogen and oxygen atoms in total. The average Bonchev–Trinajstić information content (AvgIpc) is 2.72. The molecule has 0 atom stereocenters. The van der Waals surface area contributed by atoms with E-state index in [1.54, 1.807) is 0 Å². The van der Waals surface area contributed by atoms with Gasteiger partial charge in [0.2, 0.25) is 0 Å². The van der Waals surface area contributed by atoms with Crippen molar-refractivity contribution >= 4 is 16.6 Å². The van der Waals surface area contributed by atoms with E-state index in [1.165, 1.54) is 16.6 Å². The summed E-state index contributed by atoms with van der Waals surface area (Å²) in [6.45, 7) is 11.4. The van der Waals surface area contributed by atoms with Gasteiger partial charge in [0.25, 0.3) is 0 Å². The zero-order chi connectivity index (χ0) is 14.3. The lowest BCUT2D eigenvalue weighted by atomic mass is 10.1. The zero-order valence-corrected chi connectivity index (χ0v) is 11.8. The Bertz CT molecular complexity index is 851. The second kappa shape index (κ2) is 4.50. The summed E-state index contributed by atoms with van der Waals surface area (Å²) in [6, 6.07) is 9.70. The summed E-state index contributed by atoms with van der Waals surface area (Å²) in [4.78, 5) is 8.02.